The van der Waals surface area contributed by atoms with Crippen LogP contribution in [-0.4, -0.2) is 23.5 Å². The Morgan fingerprint density at radius 1 is 1.10 bits per heavy atom. The molecule has 3 aromatic rings. The molecule has 0 saturated carbocycles. The number of aromatic nitrogens is 2. The summed E-state index contributed by atoms with van der Waals surface area (Å²) in [4.78, 5) is 0. The Hall–Kier alpha value is -2.79. The molecular formula is C25H31N3O2. The summed E-state index contributed by atoms with van der Waals surface area (Å²) in [6.07, 6.45) is 5.40. The summed E-state index contributed by atoms with van der Waals surface area (Å²) in [5, 5.41) is 8.50. The molecule has 0 amide bonds. The summed E-state index contributed by atoms with van der Waals surface area (Å²) in [5.74, 6) is 1.57. The lowest BCUT2D eigenvalue weighted by Gasteiger charge is -2.24. The summed E-state index contributed by atoms with van der Waals surface area (Å²) in [7, 11) is 1.67. The number of nitrogens with one attached hydrogen (secondary N) is 1. The third kappa shape index (κ3) is 4.21. The van der Waals surface area contributed by atoms with E-state index in [1.54, 1.807) is 7.11 Å². The van der Waals surface area contributed by atoms with Gasteiger partial charge in [-0.25, -0.2) is 4.68 Å². The Balaban J connectivity index is 1.53. The highest BCUT2D eigenvalue weighted by Gasteiger charge is 2.24. The van der Waals surface area contributed by atoms with E-state index in [1.165, 1.54) is 27.9 Å². The van der Waals surface area contributed by atoms with Crippen LogP contribution in [0.15, 0.2) is 42.6 Å². The second kappa shape index (κ2) is 8.92. The van der Waals surface area contributed by atoms with Crippen molar-refractivity contribution in [2.75, 3.05) is 13.7 Å². The van der Waals surface area contributed by atoms with E-state index >= 15 is 0 Å². The maximum Gasteiger partial charge on any atom is 0.161 e. The number of ether oxygens (including phenoxy) is 2. The lowest BCUT2D eigenvalue weighted by atomic mass is 9.92. The van der Waals surface area contributed by atoms with Crippen molar-refractivity contribution in [3.8, 4) is 17.2 Å². The number of aryl methyl sites for hydroxylation is 2. The maximum atomic E-state index is 5.72. The van der Waals surface area contributed by atoms with Crippen molar-refractivity contribution < 1.29 is 9.47 Å². The second-order valence-corrected chi connectivity index (χ2v) is 8.05. The molecule has 0 spiro atoms. The van der Waals surface area contributed by atoms with Crippen LogP contribution in [0.5, 0.6) is 11.5 Å². The van der Waals surface area contributed by atoms with E-state index in [0.29, 0.717) is 12.6 Å². The lowest BCUT2D eigenvalue weighted by Crippen LogP contribution is -2.25. The van der Waals surface area contributed by atoms with Crippen LogP contribution < -0.4 is 14.8 Å². The number of rotatable bonds is 7. The van der Waals surface area contributed by atoms with E-state index in [0.717, 1.165) is 43.0 Å². The van der Waals surface area contributed by atoms with Gasteiger partial charge in [-0.1, -0.05) is 12.1 Å². The van der Waals surface area contributed by atoms with Gasteiger partial charge in [0.05, 0.1) is 25.6 Å². The van der Waals surface area contributed by atoms with Gasteiger partial charge in [-0.2, -0.15) is 5.10 Å². The zero-order valence-corrected chi connectivity index (χ0v) is 18.4. The summed E-state index contributed by atoms with van der Waals surface area (Å²) < 4.78 is 13.2. The van der Waals surface area contributed by atoms with Crippen molar-refractivity contribution in [1.82, 2.24) is 15.1 Å². The van der Waals surface area contributed by atoms with Gasteiger partial charge in [0.1, 0.15) is 0 Å². The minimum Gasteiger partial charge on any atom is -0.493 e. The van der Waals surface area contributed by atoms with E-state index < -0.39 is 0 Å². The van der Waals surface area contributed by atoms with Crippen LogP contribution in [0.1, 0.15) is 53.8 Å². The number of hydrogen-bond donors (Lipinski definition) is 1. The highest BCUT2D eigenvalue weighted by molar-refractivity contribution is 5.44. The standard InChI is InChI=1S/C25H31N3O2/c1-5-30-25-14-19(9-10-24(25)29-4)15-26-22-7-6-8-23-21(22)16-27-28(23)20-12-17(2)11-18(3)13-20/h9-14,16,22,26H,5-8,15H2,1-4H3/t22-/m0/s1. The molecule has 4 rings (SSSR count). The van der Waals surface area contributed by atoms with Crippen LogP contribution in [0.2, 0.25) is 0 Å². The summed E-state index contributed by atoms with van der Waals surface area (Å²) in [5.41, 5.74) is 7.53. The molecule has 5 heteroatoms. The van der Waals surface area contributed by atoms with Crippen LogP contribution in [0, 0.1) is 13.8 Å². The molecule has 0 unspecified atom stereocenters. The molecule has 0 saturated heterocycles. The Bertz CT molecular complexity index is 1000. The SMILES string of the molecule is CCOc1cc(CN[C@H]2CCCc3c2cnn3-c2cc(C)cc(C)c2)ccc1OC. The van der Waals surface area contributed by atoms with Gasteiger partial charge < -0.3 is 14.8 Å². The molecular weight excluding hydrogens is 374 g/mol. The lowest BCUT2D eigenvalue weighted by molar-refractivity contribution is 0.310. The monoisotopic (exact) mass is 405 g/mol. The van der Waals surface area contributed by atoms with Crippen LogP contribution in [0.3, 0.4) is 0 Å². The first kappa shape index (κ1) is 20.5. The second-order valence-electron chi connectivity index (χ2n) is 8.05. The number of hydrogen-bond acceptors (Lipinski definition) is 4. The molecule has 1 aliphatic rings. The van der Waals surface area contributed by atoms with E-state index in [-0.39, 0.29) is 0 Å². The average Bonchev–Trinajstić information content (AvgIpc) is 3.17. The van der Waals surface area contributed by atoms with Crippen LogP contribution in [0.4, 0.5) is 0 Å². The molecule has 1 heterocycles. The van der Waals surface area contributed by atoms with Gasteiger partial charge >= 0.3 is 0 Å². The fourth-order valence-electron chi connectivity index (χ4n) is 4.40. The molecule has 0 aliphatic heterocycles. The Kier molecular flexibility index (Phi) is 6.09. The van der Waals surface area contributed by atoms with Gasteiger partial charge in [-0.15, -0.1) is 0 Å². The minimum absolute atomic E-state index is 0.311. The molecule has 0 radical (unpaired) electrons. The quantitative estimate of drug-likeness (QED) is 0.597. The fourth-order valence-corrected chi connectivity index (χ4v) is 4.40. The topological polar surface area (TPSA) is 48.3 Å². The van der Waals surface area contributed by atoms with Crippen LogP contribution in [-0.2, 0) is 13.0 Å². The van der Waals surface area contributed by atoms with Crippen molar-refractivity contribution in [3.05, 3.63) is 70.5 Å². The van der Waals surface area contributed by atoms with E-state index in [1.807, 2.05) is 19.2 Å². The zero-order chi connectivity index (χ0) is 21.1. The van der Waals surface area contributed by atoms with Crippen molar-refractivity contribution in [2.45, 2.75) is 52.6 Å². The normalized spacial score (nSPS) is 15.7. The molecule has 1 atom stereocenters. The number of benzene rings is 2. The van der Waals surface area contributed by atoms with Gasteiger partial charge in [0.25, 0.3) is 0 Å². The number of fused-ring (bicyclic) bond motifs is 1. The molecule has 2 aromatic carbocycles. The predicted octanol–water partition coefficient (Wildman–Crippen LogP) is 5.06. The minimum atomic E-state index is 0.311. The van der Waals surface area contributed by atoms with Gasteiger partial charge in [0.2, 0.25) is 0 Å². The van der Waals surface area contributed by atoms with Gasteiger partial charge in [0.15, 0.2) is 11.5 Å². The van der Waals surface area contributed by atoms with E-state index in [4.69, 9.17) is 14.6 Å². The first-order chi connectivity index (χ1) is 14.6. The molecule has 1 aromatic heterocycles. The van der Waals surface area contributed by atoms with Gasteiger partial charge in [-0.05, 0) is 81.0 Å². The largest absolute Gasteiger partial charge is 0.493 e. The summed E-state index contributed by atoms with van der Waals surface area (Å²) >= 11 is 0. The van der Waals surface area contributed by atoms with Crippen molar-refractivity contribution in [3.63, 3.8) is 0 Å². The Morgan fingerprint density at radius 2 is 1.90 bits per heavy atom. The molecule has 30 heavy (non-hydrogen) atoms. The van der Waals surface area contributed by atoms with Crippen molar-refractivity contribution in [1.29, 1.82) is 0 Å². The third-order valence-corrected chi connectivity index (χ3v) is 5.71. The Labute approximate surface area is 179 Å². The van der Waals surface area contributed by atoms with Crippen molar-refractivity contribution in [2.24, 2.45) is 0 Å². The predicted molar refractivity (Wildman–Crippen MR) is 120 cm³/mol. The van der Waals surface area contributed by atoms with Gasteiger partial charge in [0, 0.05) is 23.8 Å². The fraction of sp³-hybridized carbons (Fsp3) is 0.400. The highest BCUT2D eigenvalue weighted by Crippen LogP contribution is 2.32. The van der Waals surface area contributed by atoms with Crippen LogP contribution >= 0.6 is 0 Å². The third-order valence-electron chi connectivity index (χ3n) is 5.71. The smallest absolute Gasteiger partial charge is 0.161 e. The molecule has 1 N–H and O–H groups in total. The number of methoxy groups -OCH3 is 1. The first-order valence-electron chi connectivity index (χ1n) is 10.8. The maximum absolute atomic E-state index is 5.72. The Morgan fingerprint density at radius 3 is 2.63 bits per heavy atom. The highest BCUT2D eigenvalue weighted by atomic mass is 16.5. The molecule has 1 aliphatic carbocycles. The molecule has 158 valence electrons. The zero-order valence-electron chi connectivity index (χ0n) is 18.4. The average molecular weight is 406 g/mol. The summed E-state index contributed by atoms with van der Waals surface area (Å²) in [6, 6.07) is 13.1. The van der Waals surface area contributed by atoms with E-state index in [2.05, 4.69) is 54.2 Å². The summed E-state index contributed by atoms with van der Waals surface area (Å²) in [6.45, 7) is 7.67. The number of nitrogens with zero attached hydrogens (tertiary/aromatic N) is 2. The molecule has 5 nitrogen and oxygen atoms in total. The van der Waals surface area contributed by atoms with Crippen molar-refractivity contribution >= 4 is 0 Å². The first-order valence-corrected chi connectivity index (χ1v) is 10.8. The molecule has 0 bridgehead atoms. The van der Waals surface area contributed by atoms with Gasteiger partial charge in [-0.3, -0.25) is 0 Å². The van der Waals surface area contributed by atoms with Crippen LogP contribution in [0.25, 0.3) is 5.69 Å². The molecule has 0 fully saturated rings. The van der Waals surface area contributed by atoms with E-state index in [9.17, 15) is 0 Å².